The lowest BCUT2D eigenvalue weighted by atomic mass is 9.63. The highest BCUT2D eigenvalue weighted by Gasteiger charge is 2.49. The topological polar surface area (TPSA) is 37.4 Å². The molecule has 5 rings (SSSR count). The highest BCUT2D eigenvalue weighted by Crippen LogP contribution is 2.46. The SMILES string of the molecule is CC1CN(Cc2ccccc2)Cc2c(OC3CC4(CNC4)C3)ccnc21. The summed E-state index contributed by atoms with van der Waals surface area (Å²) in [5.74, 6) is 1.50. The molecule has 1 atom stereocenters. The Morgan fingerprint density at radius 3 is 2.73 bits per heavy atom. The average Bonchev–Trinajstić information content (AvgIpc) is 2.57. The number of pyridine rings is 1. The summed E-state index contributed by atoms with van der Waals surface area (Å²) < 4.78 is 6.43. The third-order valence-corrected chi connectivity index (χ3v) is 6.29. The summed E-state index contributed by atoms with van der Waals surface area (Å²) in [5.41, 5.74) is 4.44. The first-order valence-electron chi connectivity index (χ1n) is 9.82. The van der Waals surface area contributed by atoms with Crippen LogP contribution in [0.4, 0.5) is 0 Å². The third-order valence-electron chi connectivity index (χ3n) is 6.29. The van der Waals surface area contributed by atoms with Crippen LogP contribution < -0.4 is 10.1 Å². The number of nitrogens with one attached hydrogen (secondary N) is 1. The van der Waals surface area contributed by atoms with E-state index in [2.05, 4.69) is 53.5 Å². The molecule has 1 aromatic carbocycles. The lowest BCUT2D eigenvalue weighted by Gasteiger charge is -2.53. The fourth-order valence-electron chi connectivity index (χ4n) is 4.84. The van der Waals surface area contributed by atoms with Gasteiger partial charge < -0.3 is 10.1 Å². The van der Waals surface area contributed by atoms with Gasteiger partial charge in [-0.3, -0.25) is 9.88 Å². The molecule has 2 fully saturated rings. The van der Waals surface area contributed by atoms with Crippen molar-refractivity contribution >= 4 is 0 Å². The number of benzene rings is 1. The molecule has 1 saturated heterocycles. The van der Waals surface area contributed by atoms with E-state index in [-0.39, 0.29) is 0 Å². The normalized spacial score (nSPS) is 24.6. The van der Waals surface area contributed by atoms with E-state index < -0.39 is 0 Å². The minimum absolute atomic E-state index is 0.378. The zero-order valence-electron chi connectivity index (χ0n) is 15.4. The van der Waals surface area contributed by atoms with Gasteiger partial charge in [0, 0.05) is 55.8 Å². The number of rotatable bonds is 4. The predicted octanol–water partition coefficient (Wildman–Crippen LogP) is 3.33. The van der Waals surface area contributed by atoms with Crippen molar-refractivity contribution in [3.8, 4) is 5.75 Å². The quantitative estimate of drug-likeness (QED) is 0.919. The molecule has 2 aromatic rings. The van der Waals surface area contributed by atoms with E-state index in [4.69, 9.17) is 9.72 Å². The van der Waals surface area contributed by atoms with Gasteiger partial charge >= 0.3 is 0 Å². The van der Waals surface area contributed by atoms with Gasteiger partial charge in [-0.25, -0.2) is 0 Å². The van der Waals surface area contributed by atoms with Crippen molar-refractivity contribution in [1.29, 1.82) is 0 Å². The lowest BCUT2D eigenvalue weighted by Crippen LogP contribution is -2.62. The predicted molar refractivity (Wildman–Crippen MR) is 102 cm³/mol. The van der Waals surface area contributed by atoms with Gasteiger partial charge in [-0.2, -0.15) is 0 Å². The molecule has 4 nitrogen and oxygen atoms in total. The van der Waals surface area contributed by atoms with Crippen LogP contribution in [0.5, 0.6) is 5.75 Å². The summed E-state index contributed by atoms with van der Waals surface area (Å²) in [6, 6.07) is 12.8. The van der Waals surface area contributed by atoms with Crippen LogP contribution in [0.1, 0.15) is 42.5 Å². The summed E-state index contributed by atoms with van der Waals surface area (Å²) in [4.78, 5) is 7.22. The molecule has 0 amide bonds. The van der Waals surface area contributed by atoms with E-state index in [0.717, 1.165) is 25.4 Å². The summed E-state index contributed by atoms with van der Waals surface area (Å²) >= 11 is 0. The Morgan fingerprint density at radius 1 is 1.19 bits per heavy atom. The first-order chi connectivity index (χ1) is 12.7. The fourth-order valence-corrected chi connectivity index (χ4v) is 4.84. The lowest BCUT2D eigenvalue weighted by molar-refractivity contribution is -0.0503. The van der Waals surface area contributed by atoms with E-state index >= 15 is 0 Å². The number of hydrogen-bond donors (Lipinski definition) is 1. The number of ether oxygens (including phenoxy) is 1. The summed E-state index contributed by atoms with van der Waals surface area (Å²) in [7, 11) is 0. The summed E-state index contributed by atoms with van der Waals surface area (Å²) in [6.07, 6.45) is 4.70. The van der Waals surface area contributed by atoms with Crippen LogP contribution in [0.25, 0.3) is 0 Å². The fraction of sp³-hybridized carbons (Fsp3) is 0.500. The standard InChI is InChI=1S/C22H27N3O/c1-16-11-25(12-17-5-3-2-4-6-17)13-19-20(7-8-24-21(16)19)26-18-9-22(10-18)14-23-15-22/h2-8,16,18,23H,9-15H2,1H3. The molecule has 4 heteroatoms. The van der Waals surface area contributed by atoms with Gasteiger partial charge in [-0.15, -0.1) is 0 Å². The van der Waals surface area contributed by atoms with Gasteiger partial charge in [0.2, 0.25) is 0 Å². The summed E-state index contributed by atoms with van der Waals surface area (Å²) in [5, 5.41) is 3.40. The van der Waals surface area contributed by atoms with Crippen LogP contribution in [0, 0.1) is 5.41 Å². The van der Waals surface area contributed by atoms with Crippen LogP contribution in [-0.4, -0.2) is 35.6 Å². The first-order valence-corrected chi connectivity index (χ1v) is 9.82. The molecule has 1 spiro atoms. The molecular weight excluding hydrogens is 322 g/mol. The van der Waals surface area contributed by atoms with Crippen molar-refractivity contribution in [2.45, 2.75) is 44.9 Å². The van der Waals surface area contributed by atoms with Crippen LogP contribution in [0.3, 0.4) is 0 Å². The zero-order chi connectivity index (χ0) is 17.6. The van der Waals surface area contributed by atoms with Gasteiger partial charge in [0.25, 0.3) is 0 Å². The minimum atomic E-state index is 0.378. The molecule has 2 aliphatic heterocycles. The van der Waals surface area contributed by atoms with Crippen LogP contribution in [0.15, 0.2) is 42.6 Å². The second-order valence-corrected chi connectivity index (χ2v) is 8.48. The maximum Gasteiger partial charge on any atom is 0.127 e. The second-order valence-electron chi connectivity index (χ2n) is 8.48. The molecule has 26 heavy (non-hydrogen) atoms. The molecule has 1 aliphatic carbocycles. The van der Waals surface area contributed by atoms with Crippen LogP contribution in [0.2, 0.25) is 0 Å². The first kappa shape index (κ1) is 16.3. The maximum atomic E-state index is 6.43. The molecular formula is C22H27N3O. The number of nitrogens with zero attached hydrogens (tertiary/aromatic N) is 2. The largest absolute Gasteiger partial charge is 0.490 e. The maximum absolute atomic E-state index is 6.43. The van der Waals surface area contributed by atoms with E-state index in [9.17, 15) is 0 Å². The van der Waals surface area contributed by atoms with Crippen LogP contribution >= 0.6 is 0 Å². The number of fused-ring (bicyclic) bond motifs is 1. The molecule has 1 aromatic heterocycles. The summed E-state index contributed by atoms with van der Waals surface area (Å²) in [6.45, 7) is 7.59. The smallest absolute Gasteiger partial charge is 0.127 e. The van der Waals surface area contributed by atoms with E-state index in [1.54, 1.807) is 0 Å². The van der Waals surface area contributed by atoms with E-state index in [0.29, 0.717) is 17.4 Å². The monoisotopic (exact) mass is 349 g/mol. The molecule has 1 saturated carbocycles. The van der Waals surface area contributed by atoms with Gasteiger partial charge in [0.15, 0.2) is 0 Å². The van der Waals surface area contributed by atoms with E-state index in [1.807, 2.05) is 6.20 Å². The minimum Gasteiger partial charge on any atom is -0.490 e. The number of hydrogen-bond acceptors (Lipinski definition) is 4. The molecule has 1 N–H and O–H groups in total. The Labute approximate surface area is 155 Å². The van der Waals surface area contributed by atoms with Crippen molar-refractivity contribution in [2.24, 2.45) is 5.41 Å². The van der Waals surface area contributed by atoms with Gasteiger partial charge in [0.1, 0.15) is 5.75 Å². The zero-order valence-corrected chi connectivity index (χ0v) is 15.4. The van der Waals surface area contributed by atoms with Gasteiger partial charge in [0.05, 0.1) is 11.8 Å². The van der Waals surface area contributed by atoms with E-state index in [1.165, 1.54) is 42.8 Å². The molecule has 3 aliphatic rings. The second kappa shape index (κ2) is 6.36. The van der Waals surface area contributed by atoms with Crippen LogP contribution in [-0.2, 0) is 13.1 Å². The van der Waals surface area contributed by atoms with Crippen molar-refractivity contribution < 1.29 is 4.74 Å². The Kier molecular flexibility index (Phi) is 3.98. The Morgan fingerprint density at radius 2 is 2.00 bits per heavy atom. The van der Waals surface area contributed by atoms with Crippen molar-refractivity contribution in [3.63, 3.8) is 0 Å². The average molecular weight is 349 g/mol. The molecule has 0 radical (unpaired) electrons. The molecule has 3 heterocycles. The van der Waals surface area contributed by atoms with Gasteiger partial charge in [-0.05, 0) is 24.5 Å². The van der Waals surface area contributed by atoms with Crippen molar-refractivity contribution in [2.75, 3.05) is 19.6 Å². The van der Waals surface area contributed by atoms with Gasteiger partial charge in [-0.1, -0.05) is 37.3 Å². The molecule has 136 valence electrons. The highest BCUT2D eigenvalue weighted by atomic mass is 16.5. The van der Waals surface area contributed by atoms with Crippen molar-refractivity contribution in [1.82, 2.24) is 15.2 Å². The number of aromatic nitrogens is 1. The Hall–Kier alpha value is -1.91. The molecule has 1 unspecified atom stereocenters. The third kappa shape index (κ3) is 2.91. The van der Waals surface area contributed by atoms with Crippen molar-refractivity contribution in [3.05, 3.63) is 59.4 Å². The molecule has 0 bridgehead atoms. The Bertz CT molecular complexity index is 779. The Balaban J connectivity index is 1.32. The highest BCUT2D eigenvalue weighted by molar-refractivity contribution is 5.39.